The number of aliphatic imine (C=N–C) groups is 1. The van der Waals surface area contributed by atoms with E-state index in [1.54, 1.807) is 13.4 Å². The van der Waals surface area contributed by atoms with Crippen LogP contribution in [0.4, 0.5) is 0 Å². The predicted octanol–water partition coefficient (Wildman–Crippen LogP) is 2.55. The van der Waals surface area contributed by atoms with Crippen molar-refractivity contribution in [3.05, 3.63) is 42.0 Å². The summed E-state index contributed by atoms with van der Waals surface area (Å²) in [5.41, 5.74) is 1.17. The Morgan fingerprint density at radius 1 is 1.38 bits per heavy atom. The Labute approximate surface area is 189 Å². The van der Waals surface area contributed by atoms with Crippen molar-refractivity contribution in [1.29, 1.82) is 0 Å². The highest BCUT2D eigenvalue weighted by molar-refractivity contribution is 14.0. The molecule has 2 aromatic rings. The molecule has 1 unspecified atom stereocenters. The lowest BCUT2D eigenvalue weighted by atomic mass is 10.0. The molecular formula is C20H31IN6O2. The Hall–Kier alpha value is -1.88. The fourth-order valence-electron chi connectivity index (χ4n) is 3.24. The van der Waals surface area contributed by atoms with Crippen LogP contribution in [-0.4, -0.2) is 54.1 Å². The summed E-state index contributed by atoms with van der Waals surface area (Å²) < 4.78 is 13.0. The maximum absolute atomic E-state index is 5.77. The molecular weight excluding hydrogens is 483 g/mol. The van der Waals surface area contributed by atoms with Crippen molar-refractivity contribution >= 4 is 29.9 Å². The summed E-state index contributed by atoms with van der Waals surface area (Å²) >= 11 is 0. The number of nitrogens with zero attached hydrogens (tertiary/aromatic N) is 4. The minimum absolute atomic E-state index is 0. The van der Waals surface area contributed by atoms with Crippen LogP contribution in [0.15, 0.2) is 35.6 Å². The number of benzene rings is 1. The van der Waals surface area contributed by atoms with E-state index in [4.69, 9.17) is 14.5 Å². The molecule has 1 aliphatic rings. The third kappa shape index (κ3) is 6.84. The molecule has 0 bridgehead atoms. The zero-order valence-electron chi connectivity index (χ0n) is 17.1. The van der Waals surface area contributed by atoms with Crippen molar-refractivity contribution in [2.24, 2.45) is 4.99 Å². The van der Waals surface area contributed by atoms with E-state index in [0.29, 0.717) is 19.8 Å². The van der Waals surface area contributed by atoms with Crippen LogP contribution < -0.4 is 15.4 Å². The van der Waals surface area contributed by atoms with Gasteiger partial charge in [0.1, 0.15) is 17.9 Å². The van der Waals surface area contributed by atoms with Crippen LogP contribution in [-0.2, 0) is 17.7 Å². The van der Waals surface area contributed by atoms with E-state index in [1.807, 2.05) is 18.2 Å². The number of nitrogens with one attached hydrogen (secondary N) is 2. The lowest BCUT2D eigenvalue weighted by molar-refractivity contribution is 0.197. The summed E-state index contributed by atoms with van der Waals surface area (Å²) in [6, 6.07) is 8.36. The second-order valence-electron chi connectivity index (χ2n) is 6.67. The quantitative estimate of drug-likeness (QED) is 0.232. The molecule has 0 amide bonds. The van der Waals surface area contributed by atoms with Crippen molar-refractivity contribution in [2.45, 2.75) is 38.8 Å². The molecule has 3 rings (SSSR count). The molecule has 2 N–H and O–H groups in total. The molecule has 0 saturated carbocycles. The molecule has 2 heterocycles. The van der Waals surface area contributed by atoms with E-state index in [-0.39, 0.29) is 30.0 Å². The predicted molar refractivity (Wildman–Crippen MR) is 124 cm³/mol. The summed E-state index contributed by atoms with van der Waals surface area (Å²) in [5.74, 6) is 2.75. The van der Waals surface area contributed by atoms with Gasteiger partial charge in [0.2, 0.25) is 0 Å². The standard InChI is InChI=1S/C20H30N6O2.HI/c1-3-19-25-23-15-26(19)12-11-22-20(21-10-6-13-27-2)24-17-9-14-28-18-8-5-4-7-16(17)18;/h4-5,7-8,15,17H,3,6,9-14H2,1-2H3,(H2,21,22,24);1H. The van der Waals surface area contributed by atoms with Gasteiger partial charge in [-0.2, -0.15) is 0 Å². The van der Waals surface area contributed by atoms with Crippen LogP contribution in [0.3, 0.4) is 0 Å². The van der Waals surface area contributed by atoms with Crippen LogP contribution in [0, 0.1) is 0 Å². The normalized spacial score (nSPS) is 15.8. The SMILES string of the molecule is CCc1nncn1CCNC(=NCCCOC)NC1CCOc2ccccc21.I. The summed E-state index contributed by atoms with van der Waals surface area (Å²) in [6.45, 7) is 5.73. The fraction of sp³-hybridized carbons (Fsp3) is 0.550. The molecule has 9 heteroatoms. The minimum Gasteiger partial charge on any atom is -0.493 e. The smallest absolute Gasteiger partial charge is 0.191 e. The maximum atomic E-state index is 5.77. The molecule has 1 aromatic carbocycles. The summed E-state index contributed by atoms with van der Waals surface area (Å²) in [6.07, 6.45) is 4.44. The largest absolute Gasteiger partial charge is 0.493 e. The number of para-hydroxylation sites is 1. The van der Waals surface area contributed by atoms with E-state index in [9.17, 15) is 0 Å². The van der Waals surface area contributed by atoms with Crippen molar-refractivity contribution in [1.82, 2.24) is 25.4 Å². The zero-order valence-corrected chi connectivity index (χ0v) is 19.5. The van der Waals surface area contributed by atoms with Gasteiger partial charge in [0.25, 0.3) is 0 Å². The van der Waals surface area contributed by atoms with Crippen LogP contribution in [0.5, 0.6) is 5.75 Å². The third-order valence-corrected chi connectivity index (χ3v) is 4.70. The van der Waals surface area contributed by atoms with Crippen LogP contribution in [0.25, 0.3) is 0 Å². The number of fused-ring (bicyclic) bond motifs is 1. The highest BCUT2D eigenvalue weighted by Gasteiger charge is 2.21. The van der Waals surface area contributed by atoms with Crippen molar-refractivity contribution < 1.29 is 9.47 Å². The van der Waals surface area contributed by atoms with Gasteiger partial charge < -0.3 is 24.7 Å². The Balaban J connectivity index is 0.00000300. The van der Waals surface area contributed by atoms with Gasteiger partial charge in [-0.15, -0.1) is 34.2 Å². The number of halogens is 1. The number of rotatable bonds is 9. The number of ether oxygens (including phenoxy) is 2. The Morgan fingerprint density at radius 3 is 3.07 bits per heavy atom. The summed E-state index contributed by atoms with van der Waals surface area (Å²) in [4.78, 5) is 4.72. The number of aryl methyl sites for hydroxylation is 1. The lowest BCUT2D eigenvalue weighted by Crippen LogP contribution is -2.42. The second kappa shape index (κ2) is 12.6. The molecule has 1 aliphatic heterocycles. The van der Waals surface area contributed by atoms with Crippen molar-refractivity contribution in [3.63, 3.8) is 0 Å². The number of hydrogen-bond acceptors (Lipinski definition) is 5. The zero-order chi connectivity index (χ0) is 19.6. The topological polar surface area (TPSA) is 85.6 Å². The molecule has 0 aliphatic carbocycles. The van der Waals surface area contributed by atoms with E-state index in [1.165, 1.54) is 5.56 Å². The van der Waals surface area contributed by atoms with Crippen LogP contribution in [0.1, 0.15) is 37.2 Å². The molecule has 0 spiro atoms. The monoisotopic (exact) mass is 514 g/mol. The van der Waals surface area contributed by atoms with Crippen molar-refractivity contribution in [3.8, 4) is 5.75 Å². The minimum atomic E-state index is 0. The number of aromatic nitrogens is 3. The molecule has 0 radical (unpaired) electrons. The van der Waals surface area contributed by atoms with Gasteiger partial charge in [-0.05, 0) is 12.5 Å². The van der Waals surface area contributed by atoms with E-state index in [0.717, 1.165) is 49.9 Å². The molecule has 0 saturated heterocycles. The third-order valence-electron chi connectivity index (χ3n) is 4.70. The summed E-state index contributed by atoms with van der Waals surface area (Å²) in [5, 5.41) is 15.1. The van der Waals surface area contributed by atoms with Crippen LogP contribution >= 0.6 is 24.0 Å². The summed E-state index contributed by atoms with van der Waals surface area (Å²) in [7, 11) is 1.71. The first-order valence-electron chi connectivity index (χ1n) is 9.94. The van der Waals surface area contributed by atoms with Crippen LogP contribution in [0.2, 0.25) is 0 Å². The van der Waals surface area contributed by atoms with Gasteiger partial charge in [0.15, 0.2) is 5.96 Å². The first kappa shape index (κ1) is 23.4. The number of guanidine groups is 1. The Kier molecular flexibility index (Phi) is 10.2. The molecule has 1 atom stereocenters. The number of hydrogen-bond donors (Lipinski definition) is 2. The Morgan fingerprint density at radius 2 is 2.24 bits per heavy atom. The van der Waals surface area contributed by atoms with E-state index < -0.39 is 0 Å². The molecule has 8 nitrogen and oxygen atoms in total. The lowest BCUT2D eigenvalue weighted by Gasteiger charge is -2.28. The fourth-order valence-corrected chi connectivity index (χ4v) is 3.24. The van der Waals surface area contributed by atoms with Gasteiger partial charge in [-0.1, -0.05) is 25.1 Å². The molecule has 1 aromatic heterocycles. The highest BCUT2D eigenvalue weighted by Crippen LogP contribution is 2.31. The maximum Gasteiger partial charge on any atom is 0.191 e. The molecule has 29 heavy (non-hydrogen) atoms. The highest BCUT2D eigenvalue weighted by atomic mass is 127. The first-order valence-corrected chi connectivity index (χ1v) is 9.94. The second-order valence-corrected chi connectivity index (χ2v) is 6.67. The van der Waals surface area contributed by atoms with Gasteiger partial charge >= 0.3 is 0 Å². The number of methoxy groups -OCH3 is 1. The average Bonchev–Trinajstić information content (AvgIpc) is 3.19. The van der Waals surface area contributed by atoms with Gasteiger partial charge in [-0.3, -0.25) is 4.99 Å². The van der Waals surface area contributed by atoms with Gasteiger partial charge in [0.05, 0.1) is 12.6 Å². The molecule has 160 valence electrons. The van der Waals surface area contributed by atoms with E-state index in [2.05, 4.69) is 38.4 Å². The van der Waals surface area contributed by atoms with E-state index >= 15 is 0 Å². The molecule has 0 fully saturated rings. The van der Waals surface area contributed by atoms with Gasteiger partial charge in [-0.25, -0.2) is 0 Å². The first-order chi connectivity index (χ1) is 13.8. The average molecular weight is 514 g/mol. The van der Waals surface area contributed by atoms with Gasteiger partial charge in [0, 0.05) is 51.8 Å². The van der Waals surface area contributed by atoms with Crippen molar-refractivity contribution in [2.75, 3.05) is 33.4 Å². The Bertz CT molecular complexity index is 767.